The highest BCUT2D eigenvalue weighted by Gasteiger charge is 2.37. The second kappa shape index (κ2) is 10.4. The molecule has 2 aliphatic rings. The van der Waals surface area contributed by atoms with E-state index in [-0.39, 0.29) is 24.1 Å². The van der Waals surface area contributed by atoms with Crippen LogP contribution in [0, 0.1) is 11.7 Å². The number of aryl methyl sites for hydroxylation is 1. The first kappa shape index (κ1) is 25.2. The van der Waals surface area contributed by atoms with Crippen molar-refractivity contribution in [1.29, 1.82) is 0 Å². The molecule has 1 aromatic carbocycles. The third kappa shape index (κ3) is 6.05. The lowest BCUT2D eigenvalue weighted by Gasteiger charge is -2.32. The van der Waals surface area contributed by atoms with Gasteiger partial charge in [-0.15, -0.1) is 5.10 Å². The van der Waals surface area contributed by atoms with Gasteiger partial charge in [0.2, 0.25) is 11.8 Å². The number of nitrogens with one attached hydrogen (secondary N) is 2. The molecular formula is C25H34FN5O4. The Labute approximate surface area is 204 Å². The summed E-state index contributed by atoms with van der Waals surface area (Å²) in [6, 6.07) is 4.51. The fraction of sp³-hybridized carbons (Fsp3) is 0.600. The fourth-order valence-corrected chi connectivity index (χ4v) is 4.26. The number of aliphatic hydroxyl groups is 1. The van der Waals surface area contributed by atoms with Gasteiger partial charge in [0.05, 0.1) is 30.6 Å². The number of nitrogens with zero attached hydrogens (tertiary/aromatic N) is 3. The molecule has 190 valence electrons. The number of halogens is 1. The molecular weight excluding hydrogens is 453 g/mol. The number of rotatable bonds is 12. The summed E-state index contributed by atoms with van der Waals surface area (Å²) >= 11 is 0. The molecule has 2 atom stereocenters. The molecule has 1 saturated carbocycles. The number of ether oxygens (including phenoxy) is 1. The van der Waals surface area contributed by atoms with E-state index in [0.29, 0.717) is 56.7 Å². The van der Waals surface area contributed by atoms with Crippen molar-refractivity contribution in [3.8, 4) is 5.75 Å². The van der Waals surface area contributed by atoms with Gasteiger partial charge in [0, 0.05) is 6.42 Å². The second-order valence-corrected chi connectivity index (χ2v) is 9.91. The van der Waals surface area contributed by atoms with Crippen LogP contribution in [-0.2, 0) is 28.2 Å². The summed E-state index contributed by atoms with van der Waals surface area (Å²) in [5, 5.41) is 25.3. The highest BCUT2D eigenvalue weighted by atomic mass is 19.1. The first-order valence-electron chi connectivity index (χ1n) is 12.3. The molecule has 35 heavy (non-hydrogen) atoms. The molecule has 9 nitrogen and oxygen atoms in total. The maximum absolute atomic E-state index is 14.3. The van der Waals surface area contributed by atoms with E-state index in [1.807, 2.05) is 6.92 Å². The maximum atomic E-state index is 14.3. The average Bonchev–Trinajstić information content (AvgIpc) is 3.57. The minimum Gasteiger partial charge on any atom is -0.490 e. The maximum Gasteiger partial charge on any atom is 0.246 e. The van der Waals surface area contributed by atoms with Crippen LogP contribution < -0.4 is 15.4 Å². The molecule has 0 spiro atoms. The van der Waals surface area contributed by atoms with Crippen LogP contribution >= 0.6 is 0 Å². The van der Waals surface area contributed by atoms with Crippen molar-refractivity contribution in [1.82, 2.24) is 25.6 Å². The van der Waals surface area contributed by atoms with Crippen LogP contribution in [0.4, 0.5) is 4.39 Å². The highest BCUT2D eigenvalue weighted by Crippen LogP contribution is 2.33. The largest absolute Gasteiger partial charge is 0.490 e. The van der Waals surface area contributed by atoms with Gasteiger partial charge in [-0.25, -0.2) is 9.07 Å². The Morgan fingerprint density at radius 3 is 2.89 bits per heavy atom. The van der Waals surface area contributed by atoms with Crippen molar-refractivity contribution in [3.63, 3.8) is 0 Å². The summed E-state index contributed by atoms with van der Waals surface area (Å²) in [7, 11) is 0. The lowest BCUT2D eigenvalue weighted by atomic mass is 9.90. The number of hydrogen-bond donors (Lipinski definition) is 3. The van der Waals surface area contributed by atoms with Crippen LogP contribution in [-0.4, -0.2) is 50.6 Å². The van der Waals surface area contributed by atoms with E-state index < -0.39 is 17.0 Å². The smallest absolute Gasteiger partial charge is 0.246 e. The molecule has 0 bridgehead atoms. The monoisotopic (exact) mass is 487 g/mol. The predicted octanol–water partition coefficient (Wildman–Crippen LogP) is 2.22. The first-order valence-corrected chi connectivity index (χ1v) is 12.3. The number of hydrogen-bond acceptors (Lipinski definition) is 7. The number of benzene rings is 1. The standard InChI is InChI=1S/C25H34FN5O4/c1-3-25(34,18-8-9-20(26)21(13-18)35-15-17-6-7-17)16-31-19(14-28-30-31)5-4-12-27-24(2)11-10-22(32)29-23(24)33/h8-9,13-14,17,27,34H,3-7,10-12,15-16H2,1-2H3,(H,29,32,33). The zero-order valence-corrected chi connectivity index (χ0v) is 20.3. The molecule has 2 amide bonds. The molecule has 2 fully saturated rings. The van der Waals surface area contributed by atoms with Gasteiger partial charge in [0.25, 0.3) is 0 Å². The summed E-state index contributed by atoms with van der Waals surface area (Å²) in [6.45, 7) is 4.90. The number of piperidine rings is 1. The van der Waals surface area contributed by atoms with Gasteiger partial charge in [-0.3, -0.25) is 14.9 Å². The van der Waals surface area contributed by atoms with Crippen molar-refractivity contribution in [2.45, 2.75) is 76.5 Å². The second-order valence-electron chi connectivity index (χ2n) is 9.91. The normalized spacial score (nSPS) is 22.1. The topological polar surface area (TPSA) is 118 Å². The molecule has 1 saturated heterocycles. The molecule has 10 heteroatoms. The van der Waals surface area contributed by atoms with Crippen LogP contribution in [0.3, 0.4) is 0 Å². The van der Waals surface area contributed by atoms with Crippen LogP contribution in [0.1, 0.15) is 63.6 Å². The Balaban J connectivity index is 1.37. The molecule has 1 aromatic heterocycles. The van der Waals surface area contributed by atoms with Crippen molar-refractivity contribution >= 4 is 11.8 Å². The van der Waals surface area contributed by atoms with Gasteiger partial charge in [0.1, 0.15) is 5.60 Å². The third-order valence-electron chi connectivity index (χ3n) is 7.07. The van der Waals surface area contributed by atoms with E-state index in [4.69, 9.17) is 4.74 Å². The van der Waals surface area contributed by atoms with Crippen LogP contribution in [0.25, 0.3) is 0 Å². The third-order valence-corrected chi connectivity index (χ3v) is 7.07. The van der Waals surface area contributed by atoms with Gasteiger partial charge in [-0.2, -0.15) is 0 Å². The first-order chi connectivity index (χ1) is 16.7. The number of carbonyl (C=O) groups excluding carboxylic acids is 2. The Morgan fingerprint density at radius 1 is 1.37 bits per heavy atom. The Morgan fingerprint density at radius 2 is 2.17 bits per heavy atom. The highest BCUT2D eigenvalue weighted by molar-refractivity contribution is 6.02. The number of imide groups is 1. The van der Waals surface area contributed by atoms with Gasteiger partial charge in [0.15, 0.2) is 11.6 Å². The number of aromatic nitrogens is 3. The summed E-state index contributed by atoms with van der Waals surface area (Å²) in [6.07, 6.45) is 6.41. The Kier molecular flexibility index (Phi) is 7.51. The molecule has 3 N–H and O–H groups in total. The van der Waals surface area contributed by atoms with Crippen molar-refractivity contribution in [2.24, 2.45) is 5.92 Å². The number of carbonyl (C=O) groups is 2. The van der Waals surface area contributed by atoms with Gasteiger partial charge >= 0.3 is 0 Å². The fourth-order valence-electron chi connectivity index (χ4n) is 4.26. The van der Waals surface area contributed by atoms with Gasteiger partial charge in [-0.1, -0.05) is 18.2 Å². The van der Waals surface area contributed by atoms with E-state index in [1.165, 1.54) is 6.07 Å². The molecule has 2 heterocycles. The van der Waals surface area contributed by atoms with Crippen molar-refractivity contribution in [3.05, 3.63) is 41.5 Å². The van der Waals surface area contributed by atoms with E-state index in [0.717, 1.165) is 18.5 Å². The van der Waals surface area contributed by atoms with E-state index in [2.05, 4.69) is 20.9 Å². The van der Waals surface area contributed by atoms with Gasteiger partial charge < -0.3 is 15.2 Å². The average molecular weight is 488 g/mol. The van der Waals surface area contributed by atoms with Crippen molar-refractivity contribution in [2.75, 3.05) is 13.2 Å². The molecule has 4 rings (SSSR count). The van der Waals surface area contributed by atoms with Crippen LogP contribution in [0.2, 0.25) is 0 Å². The predicted molar refractivity (Wildman–Crippen MR) is 126 cm³/mol. The summed E-state index contributed by atoms with van der Waals surface area (Å²) < 4.78 is 21.6. The molecule has 1 aliphatic carbocycles. The molecule has 0 radical (unpaired) electrons. The lowest BCUT2D eigenvalue weighted by Crippen LogP contribution is -2.59. The van der Waals surface area contributed by atoms with E-state index in [1.54, 1.807) is 29.9 Å². The minimum absolute atomic E-state index is 0.160. The SMILES string of the molecule is CCC(O)(Cn1nncc1CCCNC1(C)CCC(=O)NC1=O)c1ccc(F)c(OCC2CC2)c1. The van der Waals surface area contributed by atoms with E-state index >= 15 is 0 Å². The van der Waals surface area contributed by atoms with Gasteiger partial charge in [-0.05, 0) is 75.6 Å². The van der Waals surface area contributed by atoms with Crippen LogP contribution in [0.15, 0.2) is 24.4 Å². The zero-order chi connectivity index (χ0) is 25.1. The van der Waals surface area contributed by atoms with E-state index in [9.17, 15) is 19.1 Å². The zero-order valence-electron chi connectivity index (χ0n) is 20.3. The lowest BCUT2D eigenvalue weighted by molar-refractivity contribution is -0.138. The summed E-state index contributed by atoms with van der Waals surface area (Å²) in [5.74, 6) is -0.323. The summed E-state index contributed by atoms with van der Waals surface area (Å²) in [5.41, 5.74) is -0.622. The van der Waals surface area contributed by atoms with Crippen molar-refractivity contribution < 1.29 is 23.8 Å². The summed E-state index contributed by atoms with van der Waals surface area (Å²) in [4.78, 5) is 23.6. The van der Waals surface area contributed by atoms with Crippen LogP contribution in [0.5, 0.6) is 5.75 Å². The Bertz CT molecular complexity index is 1070. The molecule has 1 aliphatic heterocycles. The number of amides is 2. The molecule has 2 unspecified atom stereocenters. The minimum atomic E-state index is -1.27. The molecule has 2 aromatic rings. The Hall–Kier alpha value is -2.85. The quantitative estimate of drug-likeness (QED) is 0.310.